The van der Waals surface area contributed by atoms with E-state index < -0.39 is 0 Å². The summed E-state index contributed by atoms with van der Waals surface area (Å²) in [6.07, 6.45) is 5.96. The number of aromatic nitrogens is 3. The summed E-state index contributed by atoms with van der Waals surface area (Å²) in [6.45, 7) is 5.25. The molecule has 3 heteroatoms. The molecule has 9 rings (SSSR count). The third-order valence-electron chi connectivity index (χ3n) is 8.61. The first-order valence-electron chi connectivity index (χ1n) is 15.3. The van der Waals surface area contributed by atoms with Gasteiger partial charge in [0.2, 0.25) is 0 Å². The van der Waals surface area contributed by atoms with E-state index in [0.717, 1.165) is 27.8 Å². The Bertz CT molecular complexity index is 2500. The van der Waals surface area contributed by atoms with Crippen molar-refractivity contribution < 1.29 is 0 Å². The first-order chi connectivity index (χ1) is 22.3. The third kappa shape index (κ3) is 4.24. The van der Waals surface area contributed by atoms with Gasteiger partial charge in [-0.2, -0.15) is 0 Å². The number of para-hydroxylation sites is 2. The molecule has 9 aromatic rings. The molecule has 0 unspecified atom stereocenters. The molecule has 6 aromatic carbocycles. The van der Waals surface area contributed by atoms with Gasteiger partial charge >= 0.3 is 0 Å². The highest BCUT2D eigenvalue weighted by atomic mass is 15.1. The topological polar surface area (TPSA) is 22.8 Å². The molecule has 0 saturated carbocycles. The Balaban J connectivity index is 0.000000966. The number of benzene rings is 6. The molecule has 0 bridgehead atoms. The van der Waals surface area contributed by atoms with Gasteiger partial charge in [-0.25, -0.2) is 4.98 Å². The van der Waals surface area contributed by atoms with Gasteiger partial charge in [-0.15, -0.1) is 6.58 Å². The summed E-state index contributed by atoms with van der Waals surface area (Å²) in [5.74, 6) is 0.951. The van der Waals surface area contributed by atoms with Crippen LogP contribution in [0.2, 0.25) is 0 Å². The SMILES string of the molecule is C=CC.c1ccc(-c2cnc(-n3c4ccccc4c4c5ccc6c(ccn6-c6ccccc6)c5ccc43)c3ccccc23)cc1. The van der Waals surface area contributed by atoms with Crippen molar-refractivity contribution in [2.75, 3.05) is 0 Å². The highest BCUT2D eigenvalue weighted by Crippen LogP contribution is 2.41. The van der Waals surface area contributed by atoms with Crippen molar-refractivity contribution in [3.05, 3.63) is 165 Å². The first kappa shape index (κ1) is 26.7. The first-order valence-corrected chi connectivity index (χ1v) is 15.3. The van der Waals surface area contributed by atoms with Crippen molar-refractivity contribution in [1.82, 2.24) is 14.1 Å². The van der Waals surface area contributed by atoms with E-state index >= 15 is 0 Å². The van der Waals surface area contributed by atoms with Crippen LogP contribution in [0.4, 0.5) is 0 Å². The summed E-state index contributed by atoms with van der Waals surface area (Å²) in [7, 11) is 0. The minimum Gasteiger partial charge on any atom is -0.317 e. The monoisotopic (exact) mass is 577 g/mol. The van der Waals surface area contributed by atoms with Gasteiger partial charge in [0.1, 0.15) is 5.82 Å². The van der Waals surface area contributed by atoms with Crippen molar-refractivity contribution in [2.24, 2.45) is 0 Å². The maximum absolute atomic E-state index is 5.15. The van der Waals surface area contributed by atoms with E-state index in [4.69, 9.17) is 4.98 Å². The molecule has 45 heavy (non-hydrogen) atoms. The zero-order chi connectivity index (χ0) is 30.3. The molecule has 0 radical (unpaired) electrons. The maximum atomic E-state index is 5.15. The summed E-state index contributed by atoms with van der Waals surface area (Å²) < 4.78 is 4.62. The second-order valence-corrected chi connectivity index (χ2v) is 11.2. The van der Waals surface area contributed by atoms with E-state index in [1.165, 1.54) is 49.1 Å². The summed E-state index contributed by atoms with van der Waals surface area (Å²) in [4.78, 5) is 5.15. The number of hydrogen-bond acceptors (Lipinski definition) is 1. The maximum Gasteiger partial charge on any atom is 0.145 e. The molecule has 0 amide bonds. The van der Waals surface area contributed by atoms with Crippen LogP contribution in [-0.4, -0.2) is 14.1 Å². The number of nitrogens with zero attached hydrogens (tertiary/aromatic N) is 3. The molecule has 214 valence electrons. The fourth-order valence-electron chi connectivity index (χ4n) is 6.75. The molecule has 0 aliphatic rings. The fraction of sp³-hybridized carbons (Fsp3) is 0.0238. The number of pyridine rings is 1. The van der Waals surface area contributed by atoms with Gasteiger partial charge in [0.15, 0.2) is 0 Å². The van der Waals surface area contributed by atoms with Crippen LogP contribution in [0, 0.1) is 0 Å². The van der Waals surface area contributed by atoms with Gasteiger partial charge in [-0.1, -0.05) is 109 Å². The van der Waals surface area contributed by atoms with Crippen molar-refractivity contribution in [1.29, 1.82) is 0 Å². The molecule has 0 atom stereocenters. The lowest BCUT2D eigenvalue weighted by Gasteiger charge is -2.14. The molecule has 0 fully saturated rings. The van der Waals surface area contributed by atoms with Gasteiger partial charge in [0.25, 0.3) is 0 Å². The van der Waals surface area contributed by atoms with Crippen LogP contribution >= 0.6 is 0 Å². The van der Waals surface area contributed by atoms with E-state index in [2.05, 4.69) is 161 Å². The Morgan fingerprint density at radius 3 is 1.93 bits per heavy atom. The Labute approximate surface area is 261 Å². The van der Waals surface area contributed by atoms with E-state index in [0.29, 0.717) is 0 Å². The number of allylic oxidation sites excluding steroid dienone is 1. The number of fused-ring (bicyclic) bond motifs is 8. The molecule has 3 heterocycles. The highest BCUT2D eigenvalue weighted by Gasteiger charge is 2.19. The molecule has 3 nitrogen and oxygen atoms in total. The zero-order valence-corrected chi connectivity index (χ0v) is 25.1. The average Bonchev–Trinajstić information content (AvgIpc) is 3.69. The Morgan fingerprint density at radius 2 is 1.16 bits per heavy atom. The lowest BCUT2D eigenvalue weighted by Crippen LogP contribution is -1.99. The minimum atomic E-state index is 0.951. The van der Waals surface area contributed by atoms with E-state index in [1.54, 1.807) is 6.08 Å². The van der Waals surface area contributed by atoms with Crippen LogP contribution in [0.25, 0.3) is 76.9 Å². The van der Waals surface area contributed by atoms with Crippen molar-refractivity contribution >= 4 is 54.3 Å². The van der Waals surface area contributed by atoms with Crippen LogP contribution in [0.3, 0.4) is 0 Å². The Hall–Kier alpha value is -5.93. The van der Waals surface area contributed by atoms with Crippen LogP contribution in [-0.2, 0) is 0 Å². The van der Waals surface area contributed by atoms with Gasteiger partial charge in [0, 0.05) is 45.2 Å². The van der Waals surface area contributed by atoms with Crippen molar-refractivity contribution in [3.63, 3.8) is 0 Å². The highest BCUT2D eigenvalue weighted by molar-refractivity contribution is 6.25. The Kier molecular flexibility index (Phi) is 6.50. The lowest BCUT2D eigenvalue weighted by molar-refractivity contribution is 1.10. The molecule has 3 aromatic heterocycles. The largest absolute Gasteiger partial charge is 0.317 e. The predicted octanol–water partition coefficient (Wildman–Crippen LogP) is 11.3. The van der Waals surface area contributed by atoms with Gasteiger partial charge in [0.05, 0.1) is 16.6 Å². The molecule has 0 N–H and O–H groups in total. The van der Waals surface area contributed by atoms with E-state index in [1.807, 2.05) is 13.1 Å². The summed E-state index contributed by atoms with van der Waals surface area (Å²) in [5, 5.41) is 8.60. The molecule has 0 aliphatic carbocycles. The Morgan fingerprint density at radius 1 is 0.533 bits per heavy atom. The van der Waals surface area contributed by atoms with Crippen LogP contribution in [0.1, 0.15) is 6.92 Å². The molecular formula is C42H31N3. The molecule has 0 aliphatic heterocycles. The zero-order valence-electron chi connectivity index (χ0n) is 25.1. The van der Waals surface area contributed by atoms with E-state index in [9.17, 15) is 0 Å². The van der Waals surface area contributed by atoms with Gasteiger partial charge in [-0.05, 0) is 65.0 Å². The predicted molar refractivity (Wildman–Crippen MR) is 192 cm³/mol. The average molecular weight is 578 g/mol. The number of hydrogen-bond donors (Lipinski definition) is 0. The molecule has 0 spiro atoms. The number of rotatable bonds is 3. The summed E-state index contributed by atoms with van der Waals surface area (Å²) in [5.41, 5.74) is 7.02. The minimum absolute atomic E-state index is 0.951. The lowest BCUT2D eigenvalue weighted by atomic mass is 10.0. The fourth-order valence-corrected chi connectivity index (χ4v) is 6.75. The molecule has 0 saturated heterocycles. The normalized spacial score (nSPS) is 11.3. The summed E-state index contributed by atoms with van der Waals surface area (Å²) >= 11 is 0. The van der Waals surface area contributed by atoms with Crippen molar-refractivity contribution in [2.45, 2.75) is 6.92 Å². The van der Waals surface area contributed by atoms with Gasteiger partial charge in [-0.3, -0.25) is 4.57 Å². The molecular weight excluding hydrogens is 546 g/mol. The summed E-state index contributed by atoms with van der Waals surface area (Å²) in [6, 6.07) is 49.8. The van der Waals surface area contributed by atoms with Crippen LogP contribution in [0.5, 0.6) is 0 Å². The quantitative estimate of drug-likeness (QED) is 0.192. The van der Waals surface area contributed by atoms with Crippen LogP contribution in [0.15, 0.2) is 165 Å². The second-order valence-electron chi connectivity index (χ2n) is 11.2. The van der Waals surface area contributed by atoms with Crippen molar-refractivity contribution in [3.8, 4) is 22.6 Å². The second kappa shape index (κ2) is 11.0. The van der Waals surface area contributed by atoms with Gasteiger partial charge < -0.3 is 4.57 Å². The third-order valence-corrected chi connectivity index (χ3v) is 8.61. The van der Waals surface area contributed by atoms with Crippen LogP contribution < -0.4 is 0 Å². The smallest absolute Gasteiger partial charge is 0.145 e. The standard InChI is InChI=1S/C39H25N3.C3H6/c1-3-11-26(12-4-1)34-25-40-39(32-16-8-7-15-28(32)34)42-36-18-10-9-17-33(36)38-31-20-21-35-30(29(31)19-22-37(38)42)23-24-41(35)27-13-5-2-6-14-27;1-3-2/h1-25H;3H,1H2,2H3. The van der Waals surface area contributed by atoms with E-state index in [-0.39, 0.29) is 0 Å².